The monoisotopic (exact) mass is 747 g/mol. The van der Waals surface area contributed by atoms with Crippen molar-refractivity contribution >= 4 is 5.69 Å². The number of nitro benzene ring substituents is 1. The zero-order valence-electron chi connectivity index (χ0n) is 30.9. The summed E-state index contributed by atoms with van der Waals surface area (Å²) in [7, 11) is 3.27. The van der Waals surface area contributed by atoms with Crippen LogP contribution in [0.3, 0.4) is 0 Å². The molecule has 0 radical (unpaired) electrons. The summed E-state index contributed by atoms with van der Waals surface area (Å²) in [6.45, 7) is 1.56. The molecule has 55 heavy (non-hydrogen) atoms. The van der Waals surface area contributed by atoms with E-state index in [9.17, 15) is 15.2 Å². The van der Waals surface area contributed by atoms with Crippen LogP contribution in [0.5, 0.6) is 17.2 Å². The van der Waals surface area contributed by atoms with E-state index in [1.54, 1.807) is 26.4 Å². The second-order valence-electron chi connectivity index (χ2n) is 13.5. The van der Waals surface area contributed by atoms with Gasteiger partial charge in [-0.25, -0.2) is 0 Å². The third kappa shape index (κ3) is 8.51. The van der Waals surface area contributed by atoms with Gasteiger partial charge in [-0.2, -0.15) is 0 Å². The Bertz CT molecular complexity index is 1950. The van der Waals surface area contributed by atoms with Gasteiger partial charge in [0.1, 0.15) is 29.0 Å². The summed E-state index contributed by atoms with van der Waals surface area (Å²) >= 11 is 0. The number of ether oxygens (including phenoxy) is 7. The number of benzene rings is 5. The van der Waals surface area contributed by atoms with E-state index in [1.165, 1.54) is 12.1 Å². The van der Waals surface area contributed by atoms with Crippen molar-refractivity contribution in [2.24, 2.45) is 0 Å². The van der Waals surface area contributed by atoms with Crippen molar-refractivity contribution in [3.8, 4) is 17.2 Å². The summed E-state index contributed by atoms with van der Waals surface area (Å²) in [5.74, 6) is 2.03. The smallest absolute Gasteiger partial charge is 0.269 e. The third-order valence-electron chi connectivity index (χ3n) is 10.1. The lowest BCUT2D eigenvalue weighted by Crippen LogP contribution is -2.38. The summed E-state index contributed by atoms with van der Waals surface area (Å²) in [6, 6.07) is 37.9. The van der Waals surface area contributed by atoms with Crippen LogP contribution in [0.1, 0.15) is 58.6 Å². The average molecular weight is 748 g/mol. The van der Waals surface area contributed by atoms with E-state index < -0.39 is 35.1 Å². The fourth-order valence-electron chi connectivity index (χ4n) is 7.18. The van der Waals surface area contributed by atoms with Crippen LogP contribution in [0.2, 0.25) is 0 Å². The number of hydrogen-bond acceptors (Lipinski definition) is 10. The van der Waals surface area contributed by atoms with Crippen LogP contribution >= 0.6 is 0 Å². The van der Waals surface area contributed by atoms with Gasteiger partial charge in [-0.3, -0.25) is 10.1 Å². The van der Waals surface area contributed by atoms with Crippen LogP contribution in [0.15, 0.2) is 121 Å². The predicted octanol–water partition coefficient (Wildman–Crippen LogP) is 7.87. The SMILES string of the molecule is COc1ccc(C(OC[C@H]2O[C@@H](c3ccc(C4OCCCO4)c(OCCc4ccc([N+](=O)[O-])cc4)c3)C[C@@H]2O)(c2ccccc2)c2ccc(OC)cc2)cc1. The zero-order chi connectivity index (χ0) is 38.2. The average Bonchev–Trinajstić information content (AvgIpc) is 3.62. The summed E-state index contributed by atoms with van der Waals surface area (Å²) < 4.78 is 42.8. The molecule has 1 N–H and O–H groups in total. The lowest BCUT2D eigenvalue weighted by Gasteiger charge is -2.37. The second-order valence-corrected chi connectivity index (χ2v) is 13.5. The number of hydrogen-bond donors (Lipinski definition) is 1. The summed E-state index contributed by atoms with van der Waals surface area (Å²) in [5, 5.41) is 22.6. The van der Waals surface area contributed by atoms with E-state index in [-0.39, 0.29) is 12.3 Å². The Hall–Kier alpha value is -5.30. The molecule has 5 aromatic carbocycles. The molecule has 2 fully saturated rings. The third-order valence-corrected chi connectivity index (χ3v) is 10.1. The van der Waals surface area contributed by atoms with Gasteiger partial charge in [0.2, 0.25) is 0 Å². The van der Waals surface area contributed by atoms with E-state index in [1.807, 2.05) is 97.1 Å². The van der Waals surface area contributed by atoms with Gasteiger partial charge in [-0.15, -0.1) is 0 Å². The molecule has 11 heteroatoms. The van der Waals surface area contributed by atoms with Crippen LogP contribution in [0.4, 0.5) is 5.69 Å². The molecule has 5 aromatic rings. The van der Waals surface area contributed by atoms with E-state index in [2.05, 4.69) is 0 Å². The van der Waals surface area contributed by atoms with Crippen molar-refractivity contribution in [3.05, 3.63) is 165 Å². The van der Waals surface area contributed by atoms with E-state index in [0.717, 1.165) is 51.3 Å². The Labute approximate surface area is 320 Å². The fourth-order valence-corrected chi connectivity index (χ4v) is 7.18. The molecule has 0 bridgehead atoms. The van der Waals surface area contributed by atoms with Gasteiger partial charge in [0, 0.05) is 30.5 Å². The maximum atomic E-state index is 11.5. The largest absolute Gasteiger partial charge is 0.497 e. The molecule has 2 saturated heterocycles. The van der Waals surface area contributed by atoms with Crippen LogP contribution in [-0.2, 0) is 31.0 Å². The van der Waals surface area contributed by atoms with Gasteiger partial charge >= 0.3 is 0 Å². The maximum absolute atomic E-state index is 11.5. The Morgan fingerprint density at radius 3 is 2.02 bits per heavy atom. The Morgan fingerprint density at radius 2 is 1.42 bits per heavy atom. The molecule has 11 nitrogen and oxygen atoms in total. The predicted molar refractivity (Wildman–Crippen MR) is 205 cm³/mol. The van der Waals surface area contributed by atoms with Gasteiger partial charge in [-0.05, 0) is 70.6 Å². The lowest BCUT2D eigenvalue weighted by molar-refractivity contribution is -0.384. The summed E-state index contributed by atoms with van der Waals surface area (Å²) in [6.07, 6.45) is -0.744. The molecular formula is C44H45NO10. The van der Waals surface area contributed by atoms with Crippen LogP contribution < -0.4 is 14.2 Å². The Kier molecular flexibility index (Phi) is 12.1. The zero-order valence-corrected chi connectivity index (χ0v) is 30.9. The van der Waals surface area contributed by atoms with Crippen molar-refractivity contribution in [2.75, 3.05) is 40.6 Å². The molecule has 3 atom stereocenters. The normalized spacial score (nSPS) is 18.9. The topological polar surface area (TPSA) is 128 Å². The van der Waals surface area contributed by atoms with Gasteiger partial charge in [0.05, 0.1) is 57.8 Å². The first-order valence-electron chi connectivity index (χ1n) is 18.4. The molecule has 2 aliphatic rings. The molecule has 0 unspecified atom stereocenters. The molecule has 2 aliphatic heterocycles. The molecule has 286 valence electrons. The minimum absolute atomic E-state index is 0.0425. The lowest BCUT2D eigenvalue weighted by atomic mass is 9.80. The Balaban J connectivity index is 1.13. The van der Waals surface area contributed by atoms with Gasteiger partial charge in [0.25, 0.3) is 5.69 Å². The molecule has 0 saturated carbocycles. The highest BCUT2D eigenvalue weighted by atomic mass is 16.7. The molecule has 2 heterocycles. The number of non-ortho nitro benzene ring substituents is 1. The number of aliphatic hydroxyl groups is 1. The van der Waals surface area contributed by atoms with E-state index in [4.69, 9.17) is 33.2 Å². The first-order chi connectivity index (χ1) is 26.9. The van der Waals surface area contributed by atoms with Gasteiger partial charge < -0.3 is 38.3 Å². The molecule has 0 aromatic heterocycles. The number of aliphatic hydroxyl groups excluding tert-OH is 1. The van der Waals surface area contributed by atoms with Crippen LogP contribution in [-0.4, -0.2) is 62.9 Å². The minimum Gasteiger partial charge on any atom is -0.497 e. The maximum Gasteiger partial charge on any atom is 0.269 e. The van der Waals surface area contributed by atoms with Crippen molar-refractivity contribution in [1.29, 1.82) is 0 Å². The number of nitrogens with zero attached hydrogens (tertiary/aromatic N) is 1. The highest BCUT2D eigenvalue weighted by Gasteiger charge is 2.42. The van der Waals surface area contributed by atoms with Crippen LogP contribution in [0.25, 0.3) is 0 Å². The summed E-state index contributed by atoms with van der Waals surface area (Å²) in [5.41, 5.74) is 4.16. The quantitative estimate of drug-likeness (QED) is 0.0642. The highest BCUT2D eigenvalue weighted by molar-refractivity contribution is 5.50. The van der Waals surface area contributed by atoms with Crippen molar-refractivity contribution in [2.45, 2.75) is 49.5 Å². The molecular weight excluding hydrogens is 702 g/mol. The van der Waals surface area contributed by atoms with Crippen molar-refractivity contribution in [1.82, 2.24) is 0 Å². The van der Waals surface area contributed by atoms with Gasteiger partial charge in [-0.1, -0.05) is 72.8 Å². The number of rotatable bonds is 15. The van der Waals surface area contributed by atoms with Crippen LogP contribution in [0, 0.1) is 10.1 Å². The first kappa shape index (κ1) is 38.0. The molecule has 0 amide bonds. The van der Waals surface area contributed by atoms with Gasteiger partial charge in [0.15, 0.2) is 6.29 Å². The molecule has 0 spiro atoms. The first-order valence-corrected chi connectivity index (χ1v) is 18.4. The fraction of sp³-hybridized carbons (Fsp3) is 0.318. The number of methoxy groups -OCH3 is 2. The van der Waals surface area contributed by atoms with Crippen molar-refractivity contribution in [3.63, 3.8) is 0 Å². The Morgan fingerprint density at radius 1 is 0.800 bits per heavy atom. The molecule has 0 aliphatic carbocycles. The standard InChI is InChI=1S/C44H45NO10/c1-49-36-18-12-33(13-19-36)44(32-7-4-3-5-8-32,34-14-20-37(50-2)21-15-34)54-29-42-39(46)28-40(55-42)31-11-22-38(43-52-24-6-25-53-43)41(27-31)51-26-23-30-9-16-35(17-10-30)45(47)48/h3-5,7-22,27,39-40,42-43,46H,6,23-26,28-29H2,1-2H3/t39-,40+,42+/m0/s1. The summed E-state index contributed by atoms with van der Waals surface area (Å²) in [4.78, 5) is 10.7. The second kappa shape index (κ2) is 17.4. The van der Waals surface area contributed by atoms with E-state index in [0.29, 0.717) is 38.4 Å². The highest BCUT2D eigenvalue weighted by Crippen LogP contribution is 2.44. The molecule has 7 rings (SSSR count). The van der Waals surface area contributed by atoms with Crippen molar-refractivity contribution < 1.29 is 43.2 Å². The van der Waals surface area contributed by atoms with E-state index >= 15 is 0 Å². The number of nitro groups is 1. The minimum atomic E-state index is -1.06.